The normalized spacial score (nSPS) is 21.4. The van der Waals surface area contributed by atoms with Crippen molar-refractivity contribution in [1.82, 2.24) is 0 Å². The fourth-order valence-corrected chi connectivity index (χ4v) is 2.73. The Kier molecular flexibility index (Phi) is 2.42. The quantitative estimate of drug-likeness (QED) is 0.787. The Morgan fingerprint density at radius 3 is 2.76 bits per heavy atom. The Hall–Kier alpha value is -1.39. The Bertz CT molecular complexity index is 464. The molecule has 1 aromatic carbocycles. The van der Waals surface area contributed by atoms with Crippen molar-refractivity contribution in [2.24, 2.45) is 5.73 Å². The summed E-state index contributed by atoms with van der Waals surface area (Å²) < 4.78 is 11.4. The van der Waals surface area contributed by atoms with Gasteiger partial charge in [0, 0.05) is 18.4 Å². The van der Waals surface area contributed by atoms with Crippen LogP contribution in [0.25, 0.3) is 0 Å². The number of rotatable bonds is 1. The fraction of sp³-hybridized carbons (Fsp3) is 0.462. The molecular formula is C13H15NO3. The van der Waals surface area contributed by atoms with Crippen molar-refractivity contribution in [2.45, 2.75) is 25.0 Å². The van der Waals surface area contributed by atoms with Gasteiger partial charge < -0.3 is 15.2 Å². The van der Waals surface area contributed by atoms with Gasteiger partial charge in [-0.25, -0.2) is 0 Å². The number of aryl methyl sites for hydroxylation is 1. The molecule has 0 aromatic heterocycles. The highest BCUT2D eigenvalue weighted by atomic mass is 16.7. The lowest BCUT2D eigenvalue weighted by molar-refractivity contribution is -0.163. The number of carbonyl (C=O) groups is 1. The van der Waals surface area contributed by atoms with Crippen molar-refractivity contribution < 1.29 is 14.3 Å². The van der Waals surface area contributed by atoms with Crippen LogP contribution in [0.3, 0.4) is 0 Å². The van der Waals surface area contributed by atoms with Crippen LogP contribution in [0.4, 0.5) is 0 Å². The highest BCUT2D eigenvalue weighted by molar-refractivity contribution is 5.94. The first-order chi connectivity index (χ1) is 8.20. The predicted molar refractivity (Wildman–Crippen MR) is 61.6 cm³/mol. The maximum absolute atomic E-state index is 11.4. The molecule has 1 spiro atoms. The molecule has 0 bridgehead atoms. The van der Waals surface area contributed by atoms with Crippen LogP contribution in [0.5, 0.6) is 0 Å². The maximum atomic E-state index is 11.4. The minimum atomic E-state index is -0.515. The molecule has 1 fully saturated rings. The lowest BCUT2D eigenvalue weighted by Gasteiger charge is -2.33. The Morgan fingerprint density at radius 2 is 2.06 bits per heavy atom. The fourth-order valence-electron chi connectivity index (χ4n) is 2.73. The summed E-state index contributed by atoms with van der Waals surface area (Å²) in [5.74, 6) is -0.893. The van der Waals surface area contributed by atoms with Gasteiger partial charge in [-0.05, 0) is 23.6 Å². The van der Waals surface area contributed by atoms with Crippen molar-refractivity contribution in [3.05, 3.63) is 34.9 Å². The van der Waals surface area contributed by atoms with E-state index >= 15 is 0 Å². The van der Waals surface area contributed by atoms with E-state index in [9.17, 15) is 4.79 Å². The van der Waals surface area contributed by atoms with Crippen molar-refractivity contribution in [3.8, 4) is 0 Å². The summed E-state index contributed by atoms with van der Waals surface area (Å²) in [6.07, 6.45) is 2.35. The van der Waals surface area contributed by atoms with Gasteiger partial charge in [0.2, 0.25) is 5.91 Å². The first kappa shape index (κ1) is 10.7. The van der Waals surface area contributed by atoms with Crippen LogP contribution in [0.15, 0.2) is 18.2 Å². The molecule has 1 heterocycles. The van der Waals surface area contributed by atoms with Crippen LogP contribution >= 0.6 is 0 Å². The molecule has 0 radical (unpaired) electrons. The van der Waals surface area contributed by atoms with E-state index in [0.717, 1.165) is 18.4 Å². The topological polar surface area (TPSA) is 61.6 Å². The number of hydrogen-bond donors (Lipinski definition) is 1. The van der Waals surface area contributed by atoms with Gasteiger partial charge >= 0.3 is 0 Å². The first-order valence-corrected chi connectivity index (χ1v) is 5.89. The van der Waals surface area contributed by atoms with E-state index in [1.807, 2.05) is 12.1 Å². The third-order valence-electron chi connectivity index (χ3n) is 3.57. The number of hydrogen-bond acceptors (Lipinski definition) is 3. The molecule has 0 unspecified atom stereocenters. The molecule has 0 atom stereocenters. The van der Waals surface area contributed by atoms with Crippen LogP contribution in [0.2, 0.25) is 0 Å². The van der Waals surface area contributed by atoms with Gasteiger partial charge in [-0.2, -0.15) is 0 Å². The van der Waals surface area contributed by atoms with E-state index in [4.69, 9.17) is 15.2 Å². The van der Waals surface area contributed by atoms with Gasteiger partial charge in [-0.3, -0.25) is 4.79 Å². The van der Waals surface area contributed by atoms with Gasteiger partial charge in [0.05, 0.1) is 13.2 Å². The monoisotopic (exact) mass is 233 g/mol. The Balaban J connectivity index is 2.02. The van der Waals surface area contributed by atoms with E-state index < -0.39 is 5.79 Å². The van der Waals surface area contributed by atoms with E-state index in [-0.39, 0.29) is 5.91 Å². The third-order valence-corrected chi connectivity index (χ3v) is 3.57. The Labute approximate surface area is 99.7 Å². The molecule has 2 aliphatic rings. The predicted octanol–water partition coefficient (Wildman–Crippen LogP) is 1.02. The second kappa shape index (κ2) is 3.82. The average molecular weight is 233 g/mol. The summed E-state index contributed by atoms with van der Waals surface area (Å²) in [6.45, 7) is 1.27. The standard InChI is InChI=1S/C13H15NO3/c14-12(15)10-3-1-2-9-4-5-13(8-11(9)10)16-6-7-17-13/h1-3H,4-8H2,(H2,14,15). The van der Waals surface area contributed by atoms with Crippen molar-refractivity contribution in [1.29, 1.82) is 0 Å². The zero-order valence-electron chi connectivity index (χ0n) is 9.57. The van der Waals surface area contributed by atoms with Gasteiger partial charge in [-0.15, -0.1) is 0 Å². The first-order valence-electron chi connectivity index (χ1n) is 5.89. The van der Waals surface area contributed by atoms with Crippen molar-refractivity contribution in [2.75, 3.05) is 13.2 Å². The largest absolute Gasteiger partial charge is 0.366 e. The molecule has 4 heteroatoms. The Morgan fingerprint density at radius 1 is 1.29 bits per heavy atom. The number of fused-ring (bicyclic) bond motifs is 1. The van der Waals surface area contributed by atoms with Crippen LogP contribution in [0.1, 0.15) is 27.9 Å². The summed E-state index contributed by atoms with van der Waals surface area (Å²) in [5.41, 5.74) is 8.18. The molecule has 1 aliphatic heterocycles. The molecule has 1 saturated heterocycles. The average Bonchev–Trinajstić information content (AvgIpc) is 2.76. The van der Waals surface area contributed by atoms with E-state index in [1.165, 1.54) is 5.56 Å². The number of benzene rings is 1. The van der Waals surface area contributed by atoms with Crippen molar-refractivity contribution >= 4 is 5.91 Å². The molecular weight excluding hydrogens is 218 g/mol. The second-order valence-corrected chi connectivity index (χ2v) is 4.59. The maximum Gasteiger partial charge on any atom is 0.248 e. The summed E-state index contributed by atoms with van der Waals surface area (Å²) >= 11 is 0. The van der Waals surface area contributed by atoms with E-state index in [1.54, 1.807) is 6.07 Å². The summed E-state index contributed by atoms with van der Waals surface area (Å²) in [4.78, 5) is 11.4. The van der Waals surface area contributed by atoms with Crippen LogP contribution < -0.4 is 5.73 Å². The second-order valence-electron chi connectivity index (χ2n) is 4.59. The number of carbonyl (C=O) groups excluding carboxylic acids is 1. The van der Waals surface area contributed by atoms with Crippen LogP contribution in [-0.4, -0.2) is 24.9 Å². The smallest absolute Gasteiger partial charge is 0.248 e. The minimum absolute atomic E-state index is 0.378. The number of ether oxygens (including phenoxy) is 2. The highest BCUT2D eigenvalue weighted by Crippen LogP contribution is 2.36. The van der Waals surface area contributed by atoms with Crippen LogP contribution in [-0.2, 0) is 22.3 Å². The number of nitrogens with two attached hydrogens (primary N) is 1. The lowest BCUT2D eigenvalue weighted by atomic mass is 9.84. The molecule has 17 heavy (non-hydrogen) atoms. The molecule has 1 aliphatic carbocycles. The molecule has 4 nitrogen and oxygen atoms in total. The van der Waals surface area contributed by atoms with Gasteiger partial charge in [-0.1, -0.05) is 12.1 Å². The van der Waals surface area contributed by atoms with E-state index in [2.05, 4.69) is 0 Å². The van der Waals surface area contributed by atoms with Crippen LogP contribution in [0, 0.1) is 0 Å². The van der Waals surface area contributed by atoms with Crippen molar-refractivity contribution in [3.63, 3.8) is 0 Å². The number of amides is 1. The molecule has 2 N–H and O–H groups in total. The summed E-state index contributed by atoms with van der Waals surface area (Å²) in [7, 11) is 0. The molecule has 0 saturated carbocycles. The minimum Gasteiger partial charge on any atom is -0.366 e. The highest BCUT2D eigenvalue weighted by Gasteiger charge is 2.40. The zero-order valence-corrected chi connectivity index (χ0v) is 9.57. The lowest BCUT2D eigenvalue weighted by Crippen LogP contribution is -2.38. The molecule has 1 aromatic rings. The third kappa shape index (κ3) is 1.73. The van der Waals surface area contributed by atoms with Gasteiger partial charge in [0.15, 0.2) is 5.79 Å². The SMILES string of the molecule is NC(=O)c1cccc2c1CC1(CC2)OCCO1. The molecule has 3 rings (SSSR count). The number of primary amides is 1. The summed E-state index contributed by atoms with van der Waals surface area (Å²) in [6, 6.07) is 5.70. The van der Waals surface area contributed by atoms with E-state index in [0.29, 0.717) is 25.2 Å². The molecule has 1 amide bonds. The van der Waals surface area contributed by atoms with Gasteiger partial charge in [0.1, 0.15) is 0 Å². The molecule has 90 valence electrons. The van der Waals surface area contributed by atoms with Gasteiger partial charge in [0.25, 0.3) is 0 Å². The summed E-state index contributed by atoms with van der Waals surface area (Å²) in [5, 5.41) is 0. The zero-order chi connectivity index (χ0) is 11.9.